The third-order valence-electron chi connectivity index (χ3n) is 3.41. The van der Waals surface area contributed by atoms with E-state index >= 15 is 0 Å². The molecule has 3 aromatic rings. The lowest BCUT2D eigenvalue weighted by atomic mass is 10.1. The molecule has 0 spiro atoms. The van der Waals surface area contributed by atoms with E-state index in [0.29, 0.717) is 11.7 Å². The molecule has 0 aliphatic rings. The van der Waals surface area contributed by atoms with Crippen molar-refractivity contribution in [1.82, 2.24) is 14.8 Å². The molecule has 5 nitrogen and oxygen atoms in total. The number of nitrogens with one attached hydrogen (secondary N) is 1. The van der Waals surface area contributed by atoms with Crippen LogP contribution >= 0.6 is 11.8 Å². The van der Waals surface area contributed by atoms with Crippen molar-refractivity contribution in [3.8, 4) is 0 Å². The molecule has 1 aromatic heterocycles. The number of H-pyrrole nitrogens is 1. The Labute approximate surface area is 141 Å². The highest BCUT2D eigenvalue weighted by Crippen LogP contribution is 2.17. The molecule has 24 heavy (non-hydrogen) atoms. The number of aromatic nitrogens is 3. The lowest BCUT2D eigenvalue weighted by Gasteiger charge is -2.06. The first-order valence-corrected chi connectivity index (χ1v) is 8.23. The zero-order chi connectivity index (χ0) is 16.9. The molecule has 0 bridgehead atoms. The molecule has 0 aliphatic carbocycles. The molecule has 0 aliphatic heterocycles. The molecule has 0 saturated heterocycles. The van der Waals surface area contributed by atoms with Gasteiger partial charge in [-0.1, -0.05) is 54.2 Å². The molecule has 0 amide bonds. The zero-order valence-electron chi connectivity index (χ0n) is 12.6. The van der Waals surface area contributed by atoms with E-state index < -0.39 is 5.82 Å². The van der Waals surface area contributed by atoms with Crippen LogP contribution in [-0.4, -0.2) is 26.3 Å². The number of carbonyl (C=O) groups excluding carboxylic acids is 1. The minimum Gasteiger partial charge on any atom is -0.293 e. The molecular weight excluding hydrogens is 329 g/mol. The van der Waals surface area contributed by atoms with E-state index in [1.807, 2.05) is 30.3 Å². The average molecular weight is 343 g/mol. The lowest BCUT2D eigenvalue weighted by molar-refractivity contribution is 0.101. The number of aromatic amines is 1. The Balaban J connectivity index is 1.73. The highest BCUT2D eigenvalue weighted by Gasteiger charge is 2.15. The molecule has 1 N–H and O–H groups in total. The van der Waals surface area contributed by atoms with Crippen molar-refractivity contribution >= 4 is 17.5 Å². The largest absolute Gasteiger partial charge is 0.344 e. The Bertz CT molecular complexity index is 905. The van der Waals surface area contributed by atoms with Gasteiger partial charge in [0.25, 0.3) is 0 Å². The van der Waals surface area contributed by atoms with Gasteiger partial charge in [-0.25, -0.2) is 14.3 Å². The normalized spacial score (nSPS) is 10.7. The Morgan fingerprint density at radius 1 is 1.12 bits per heavy atom. The molecule has 3 rings (SSSR count). The van der Waals surface area contributed by atoms with Crippen molar-refractivity contribution in [2.75, 3.05) is 5.75 Å². The van der Waals surface area contributed by atoms with Gasteiger partial charge in [0, 0.05) is 0 Å². The average Bonchev–Trinajstić information content (AvgIpc) is 2.94. The summed E-state index contributed by atoms with van der Waals surface area (Å²) in [6, 6.07) is 15.3. The summed E-state index contributed by atoms with van der Waals surface area (Å²) in [5.74, 6) is -0.897. The molecule has 0 fully saturated rings. The third kappa shape index (κ3) is 3.62. The van der Waals surface area contributed by atoms with Crippen LogP contribution < -0.4 is 5.69 Å². The Morgan fingerprint density at radius 3 is 2.58 bits per heavy atom. The number of thioether (sulfide) groups is 1. The van der Waals surface area contributed by atoms with Crippen molar-refractivity contribution < 1.29 is 9.18 Å². The monoisotopic (exact) mass is 343 g/mol. The van der Waals surface area contributed by atoms with Gasteiger partial charge in [-0.05, 0) is 17.7 Å². The Kier molecular flexibility index (Phi) is 4.90. The number of rotatable bonds is 6. The maximum absolute atomic E-state index is 13.6. The van der Waals surface area contributed by atoms with E-state index in [1.165, 1.54) is 22.8 Å². The van der Waals surface area contributed by atoms with Gasteiger partial charge >= 0.3 is 5.69 Å². The van der Waals surface area contributed by atoms with Crippen LogP contribution in [0.25, 0.3) is 0 Å². The van der Waals surface area contributed by atoms with Crippen LogP contribution in [-0.2, 0) is 6.54 Å². The summed E-state index contributed by atoms with van der Waals surface area (Å²) in [6.07, 6.45) is 0. The molecule has 0 atom stereocenters. The second-order valence-corrected chi connectivity index (χ2v) is 6.02. The van der Waals surface area contributed by atoms with Crippen LogP contribution in [0.2, 0.25) is 0 Å². The van der Waals surface area contributed by atoms with E-state index in [4.69, 9.17) is 0 Å². The van der Waals surface area contributed by atoms with Crippen molar-refractivity contribution in [1.29, 1.82) is 0 Å². The summed E-state index contributed by atoms with van der Waals surface area (Å²) in [7, 11) is 0. The first-order valence-electron chi connectivity index (χ1n) is 7.25. The molecule has 0 saturated carbocycles. The van der Waals surface area contributed by atoms with Gasteiger partial charge in [0.2, 0.25) is 0 Å². The van der Waals surface area contributed by atoms with Gasteiger partial charge in [0.15, 0.2) is 10.9 Å². The van der Waals surface area contributed by atoms with E-state index in [9.17, 15) is 14.0 Å². The summed E-state index contributed by atoms with van der Waals surface area (Å²) in [6.45, 7) is 0.354. The topological polar surface area (TPSA) is 67.8 Å². The molecule has 2 aromatic carbocycles. The summed E-state index contributed by atoms with van der Waals surface area (Å²) >= 11 is 1.10. The number of Topliss-reactive ketones (excluding diaryl/α,β-unsaturated/α-hetero) is 1. The number of hydrogen-bond acceptors (Lipinski definition) is 4. The first kappa shape index (κ1) is 16.2. The van der Waals surface area contributed by atoms with E-state index in [2.05, 4.69) is 10.2 Å². The highest BCUT2D eigenvalue weighted by atomic mass is 32.2. The minimum atomic E-state index is -0.549. The van der Waals surface area contributed by atoms with Crippen LogP contribution in [0.15, 0.2) is 64.5 Å². The van der Waals surface area contributed by atoms with E-state index in [0.717, 1.165) is 17.3 Å². The molecule has 7 heteroatoms. The van der Waals surface area contributed by atoms with Gasteiger partial charge in [0.05, 0.1) is 17.9 Å². The van der Waals surface area contributed by atoms with Crippen molar-refractivity contribution in [3.05, 3.63) is 82.0 Å². The van der Waals surface area contributed by atoms with Crippen LogP contribution in [0, 0.1) is 5.82 Å². The van der Waals surface area contributed by atoms with E-state index in [1.54, 1.807) is 6.07 Å². The van der Waals surface area contributed by atoms with Crippen LogP contribution in [0.5, 0.6) is 0 Å². The fourth-order valence-electron chi connectivity index (χ4n) is 2.21. The standard InChI is InChI=1S/C17H14FN3O2S/c18-14-9-5-4-8-13(14)15(22)11-24-17-20-19-16(23)21(17)10-12-6-2-1-3-7-12/h1-9H,10-11H2,(H,19,23). The van der Waals surface area contributed by atoms with Crippen molar-refractivity contribution in [2.45, 2.75) is 11.7 Å². The third-order valence-corrected chi connectivity index (χ3v) is 4.39. The number of halogens is 1. The van der Waals surface area contributed by atoms with Crippen LogP contribution in [0.4, 0.5) is 4.39 Å². The maximum atomic E-state index is 13.6. The summed E-state index contributed by atoms with van der Waals surface area (Å²) in [5, 5.41) is 6.72. The quantitative estimate of drug-likeness (QED) is 0.552. The second kappa shape index (κ2) is 7.27. The number of ketones is 1. The van der Waals surface area contributed by atoms with Gasteiger partial charge in [-0.15, -0.1) is 5.10 Å². The van der Waals surface area contributed by atoms with Crippen LogP contribution in [0.1, 0.15) is 15.9 Å². The number of benzene rings is 2. The number of hydrogen-bond donors (Lipinski definition) is 1. The van der Waals surface area contributed by atoms with Crippen molar-refractivity contribution in [2.24, 2.45) is 0 Å². The predicted octanol–water partition coefficient (Wildman–Crippen LogP) is 2.73. The van der Waals surface area contributed by atoms with E-state index in [-0.39, 0.29) is 22.8 Å². The predicted molar refractivity (Wildman–Crippen MR) is 89.8 cm³/mol. The van der Waals surface area contributed by atoms with Gasteiger partial charge < -0.3 is 0 Å². The fourth-order valence-corrected chi connectivity index (χ4v) is 3.04. The minimum absolute atomic E-state index is 0.0000162. The zero-order valence-corrected chi connectivity index (χ0v) is 13.4. The van der Waals surface area contributed by atoms with Crippen LogP contribution in [0.3, 0.4) is 0 Å². The van der Waals surface area contributed by atoms with Gasteiger partial charge in [0.1, 0.15) is 5.82 Å². The maximum Gasteiger partial charge on any atom is 0.344 e. The van der Waals surface area contributed by atoms with Gasteiger partial charge in [-0.2, -0.15) is 0 Å². The Hall–Kier alpha value is -2.67. The second-order valence-electron chi connectivity index (χ2n) is 5.07. The molecule has 1 heterocycles. The Morgan fingerprint density at radius 2 is 1.83 bits per heavy atom. The summed E-state index contributed by atoms with van der Waals surface area (Å²) in [4.78, 5) is 24.0. The summed E-state index contributed by atoms with van der Waals surface area (Å²) < 4.78 is 15.1. The molecular formula is C17H14FN3O2S. The number of carbonyl (C=O) groups is 1. The fraction of sp³-hybridized carbons (Fsp3) is 0.118. The first-order chi connectivity index (χ1) is 11.6. The summed E-state index contributed by atoms with van der Waals surface area (Å²) in [5.41, 5.74) is 0.639. The SMILES string of the molecule is O=C(CSc1n[nH]c(=O)n1Cc1ccccc1)c1ccccc1F. The number of nitrogens with zero attached hydrogens (tertiary/aromatic N) is 2. The lowest BCUT2D eigenvalue weighted by Crippen LogP contribution is -2.18. The molecule has 122 valence electrons. The highest BCUT2D eigenvalue weighted by molar-refractivity contribution is 7.99. The molecule has 0 unspecified atom stereocenters. The van der Waals surface area contributed by atoms with Gasteiger partial charge in [-0.3, -0.25) is 9.36 Å². The smallest absolute Gasteiger partial charge is 0.293 e. The van der Waals surface area contributed by atoms with Crippen molar-refractivity contribution in [3.63, 3.8) is 0 Å². The molecule has 0 radical (unpaired) electrons.